The minimum atomic E-state index is -0.452. The fourth-order valence-electron chi connectivity index (χ4n) is 1.54. The van der Waals surface area contributed by atoms with E-state index in [1.54, 1.807) is 12.3 Å². The first kappa shape index (κ1) is 12.5. The summed E-state index contributed by atoms with van der Waals surface area (Å²) >= 11 is 5.83. The van der Waals surface area contributed by atoms with E-state index < -0.39 is 4.92 Å². The van der Waals surface area contributed by atoms with Crippen LogP contribution >= 0.6 is 11.6 Å². The Morgan fingerprint density at radius 2 is 2.28 bits per heavy atom. The van der Waals surface area contributed by atoms with Crippen molar-refractivity contribution in [2.75, 3.05) is 0 Å². The summed E-state index contributed by atoms with van der Waals surface area (Å²) in [4.78, 5) is 10.4. The van der Waals surface area contributed by atoms with E-state index in [1.165, 1.54) is 16.8 Å². The number of halogens is 1. The molecule has 7 nitrogen and oxygen atoms in total. The Hall–Kier alpha value is -1.99. The van der Waals surface area contributed by atoms with Gasteiger partial charge in [0.05, 0.1) is 28.9 Å². The van der Waals surface area contributed by atoms with Crippen molar-refractivity contribution in [3.63, 3.8) is 0 Å². The molecule has 0 saturated carbocycles. The lowest BCUT2D eigenvalue weighted by Crippen LogP contribution is -2.04. The highest BCUT2D eigenvalue weighted by Crippen LogP contribution is 2.23. The first-order chi connectivity index (χ1) is 8.60. The van der Waals surface area contributed by atoms with E-state index in [9.17, 15) is 10.1 Å². The second kappa shape index (κ2) is 5.11. The van der Waals surface area contributed by atoms with Crippen molar-refractivity contribution in [2.45, 2.75) is 13.1 Å². The predicted molar refractivity (Wildman–Crippen MR) is 65.1 cm³/mol. The second-order valence-corrected chi connectivity index (χ2v) is 4.08. The number of nitrogens with two attached hydrogens (primary N) is 1. The zero-order valence-electron chi connectivity index (χ0n) is 9.28. The number of benzene rings is 1. The van der Waals surface area contributed by atoms with Gasteiger partial charge in [0.1, 0.15) is 0 Å². The Morgan fingerprint density at radius 3 is 2.89 bits per heavy atom. The van der Waals surface area contributed by atoms with Crippen LogP contribution in [0.1, 0.15) is 11.3 Å². The molecule has 0 aliphatic rings. The average Bonchev–Trinajstić information content (AvgIpc) is 2.76. The van der Waals surface area contributed by atoms with Crippen molar-refractivity contribution in [3.8, 4) is 0 Å². The van der Waals surface area contributed by atoms with Crippen molar-refractivity contribution in [1.82, 2.24) is 15.0 Å². The van der Waals surface area contributed by atoms with E-state index >= 15 is 0 Å². The number of aromatic nitrogens is 3. The van der Waals surface area contributed by atoms with Gasteiger partial charge in [0.2, 0.25) is 0 Å². The van der Waals surface area contributed by atoms with Gasteiger partial charge in [0, 0.05) is 17.6 Å². The largest absolute Gasteiger partial charge is 0.325 e. The van der Waals surface area contributed by atoms with Gasteiger partial charge >= 0.3 is 0 Å². The molecule has 8 heteroatoms. The number of nitro groups is 1. The lowest BCUT2D eigenvalue weighted by Gasteiger charge is -2.03. The molecule has 0 atom stereocenters. The standard InChI is InChI=1S/C10H10ClN5O2/c11-8-1-2-10(16(17)18)7(3-8)5-15-6-9(4-12)13-14-15/h1-3,6H,4-5,12H2. The minimum Gasteiger partial charge on any atom is -0.325 e. The molecule has 0 unspecified atom stereocenters. The second-order valence-electron chi connectivity index (χ2n) is 3.64. The quantitative estimate of drug-likeness (QED) is 0.666. The average molecular weight is 268 g/mol. The van der Waals surface area contributed by atoms with Gasteiger partial charge < -0.3 is 5.73 Å². The molecule has 0 amide bonds. The molecule has 18 heavy (non-hydrogen) atoms. The van der Waals surface area contributed by atoms with Gasteiger partial charge in [0.15, 0.2) is 0 Å². The normalized spacial score (nSPS) is 10.6. The maximum Gasteiger partial charge on any atom is 0.274 e. The molecule has 0 aliphatic carbocycles. The Balaban J connectivity index is 2.32. The molecule has 0 saturated heterocycles. The zero-order valence-corrected chi connectivity index (χ0v) is 10.0. The molecule has 0 spiro atoms. The number of rotatable bonds is 4. The van der Waals surface area contributed by atoms with E-state index in [-0.39, 0.29) is 18.8 Å². The van der Waals surface area contributed by atoms with E-state index in [0.29, 0.717) is 16.3 Å². The van der Waals surface area contributed by atoms with Gasteiger partial charge in [-0.1, -0.05) is 16.8 Å². The molecule has 0 fully saturated rings. The van der Waals surface area contributed by atoms with Gasteiger partial charge in [-0.25, -0.2) is 4.68 Å². The highest BCUT2D eigenvalue weighted by Gasteiger charge is 2.14. The van der Waals surface area contributed by atoms with Crippen molar-refractivity contribution in [2.24, 2.45) is 5.73 Å². The summed E-state index contributed by atoms with van der Waals surface area (Å²) in [5, 5.41) is 19.0. The van der Waals surface area contributed by atoms with Gasteiger partial charge in [-0.05, 0) is 12.1 Å². The third-order valence-electron chi connectivity index (χ3n) is 2.37. The number of nitrogens with zero attached hydrogens (tertiary/aromatic N) is 4. The molecule has 0 bridgehead atoms. The molecular weight excluding hydrogens is 258 g/mol. The Morgan fingerprint density at radius 1 is 1.50 bits per heavy atom. The van der Waals surface area contributed by atoms with Crippen LogP contribution in [0.5, 0.6) is 0 Å². The lowest BCUT2D eigenvalue weighted by atomic mass is 10.2. The summed E-state index contributed by atoms with van der Waals surface area (Å²) in [6, 6.07) is 4.40. The summed E-state index contributed by atoms with van der Waals surface area (Å²) < 4.78 is 1.49. The van der Waals surface area contributed by atoms with Crippen LogP contribution in [0.25, 0.3) is 0 Å². The maximum atomic E-state index is 10.9. The van der Waals surface area contributed by atoms with Crippen LogP contribution in [0.4, 0.5) is 5.69 Å². The summed E-state index contributed by atoms with van der Waals surface area (Å²) in [6.45, 7) is 0.502. The van der Waals surface area contributed by atoms with Crippen LogP contribution in [-0.4, -0.2) is 19.9 Å². The monoisotopic (exact) mass is 267 g/mol. The summed E-state index contributed by atoms with van der Waals surface area (Å²) in [7, 11) is 0. The highest BCUT2D eigenvalue weighted by atomic mass is 35.5. The topological polar surface area (TPSA) is 99.9 Å². The fraction of sp³-hybridized carbons (Fsp3) is 0.200. The Kier molecular flexibility index (Phi) is 3.54. The third kappa shape index (κ3) is 2.63. The smallest absolute Gasteiger partial charge is 0.274 e. The van der Waals surface area contributed by atoms with E-state index in [4.69, 9.17) is 17.3 Å². The third-order valence-corrected chi connectivity index (χ3v) is 2.60. The van der Waals surface area contributed by atoms with Crippen LogP contribution in [-0.2, 0) is 13.1 Å². The molecule has 0 radical (unpaired) electrons. The number of hydrogen-bond acceptors (Lipinski definition) is 5. The molecule has 1 aromatic carbocycles. The van der Waals surface area contributed by atoms with Crippen molar-refractivity contribution in [3.05, 3.63) is 50.8 Å². The van der Waals surface area contributed by atoms with Gasteiger partial charge in [-0.2, -0.15) is 0 Å². The van der Waals surface area contributed by atoms with Crippen molar-refractivity contribution < 1.29 is 4.92 Å². The predicted octanol–water partition coefficient (Wildman–Crippen LogP) is 1.35. The Labute approximate surface area is 107 Å². The van der Waals surface area contributed by atoms with E-state index in [0.717, 1.165) is 0 Å². The lowest BCUT2D eigenvalue weighted by molar-refractivity contribution is -0.385. The first-order valence-corrected chi connectivity index (χ1v) is 5.50. The van der Waals surface area contributed by atoms with Crippen molar-refractivity contribution >= 4 is 17.3 Å². The molecule has 2 aromatic rings. The molecule has 2 rings (SSSR count). The van der Waals surface area contributed by atoms with Gasteiger partial charge in [0.25, 0.3) is 5.69 Å². The molecule has 1 aromatic heterocycles. The minimum absolute atomic E-state index is 0.00389. The van der Waals surface area contributed by atoms with Crippen LogP contribution in [0, 0.1) is 10.1 Å². The summed E-state index contributed by atoms with van der Waals surface area (Å²) in [6.07, 6.45) is 1.64. The van der Waals surface area contributed by atoms with Crippen LogP contribution < -0.4 is 5.73 Å². The molecule has 94 valence electrons. The summed E-state index contributed by atoms with van der Waals surface area (Å²) in [5.41, 5.74) is 6.52. The van der Waals surface area contributed by atoms with Crippen LogP contribution in [0.2, 0.25) is 5.02 Å². The van der Waals surface area contributed by atoms with Gasteiger partial charge in [-0.3, -0.25) is 10.1 Å². The first-order valence-electron chi connectivity index (χ1n) is 5.12. The molecule has 2 N–H and O–H groups in total. The van der Waals surface area contributed by atoms with Gasteiger partial charge in [-0.15, -0.1) is 5.10 Å². The zero-order chi connectivity index (χ0) is 13.1. The maximum absolute atomic E-state index is 10.9. The number of hydrogen-bond donors (Lipinski definition) is 1. The molecular formula is C10H10ClN5O2. The molecule has 0 aliphatic heterocycles. The fourth-order valence-corrected chi connectivity index (χ4v) is 1.74. The Bertz CT molecular complexity index is 583. The molecule has 1 heterocycles. The SMILES string of the molecule is NCc1cn(Cc2cc(Cl)ccc2[N+](=O)[O-])nn1. The highest BCUT2D eigenvalue weighted by molar-refractivity contribution is 6.30. The van der Waals surface area contributed by atoms with E-state index in [2.05, 4.69) is 10.3 Å². The van der Waals surface area contributed by atoms with Crippen LogP contribution in [0.15, 0.2) is 24.4 Å². The van der Waals surface area contributed by atoms with E-state index in [1.807, 2.05) is 0 Å². The summed E-state index contributed by atoms with van der Waals surface area (Å²) in [5.74, 6) is 0. The van der Waals surface area contributed by atoms with Crippen LogP contribution in [0.3, 0.4) is 0 Å². The van der Waals surface area contributed by atoms with Crippen molar-refractivity contribution in [1.29, 1.82) is 0 Å². The number of nitro benzene ring substituents is 1.